The van der Waals surface area contributed by atoms with Crippen molar-refractivity contribution in [2.24, 2.45) is 0 Å². The molecule has 0 radical (unpaired) electrons. The van der Waals surface area contributed by atoms with Gasteiger partial charge in [0.05, 0.1) is 17.6 Å². The van der Waals surface area contributed by atoms with E-state index < -0.39 is 0 Å². The standard InChI is InChI=1S/C17H14FN3O/c1-2-21-11-20-16(13-7-9-19-10-8-13)15(17(21)22)12-3-5-14(18)6-4-12/h3-11H,2H2,1H3. The third-order valence-corrected chi connectivity index (χ3v) is 3.47. The molecule has 0 aliphatic carbocycles. The third kappa shape index (κ3) is 2.53. The number of benzene rings is 1. The largest absolute Gasteiger partial charge is 0.299 e. The molecule has 0 saturated carbocycles. The predicted octanol–water partition coefficient (Wildman–Crippen LogP) is 3.13. The van der Waals surface area contributed by atoms with Crippen LogP contribution in [0.2, 0.25) is 0 Å². The van der Waals surface area contributed by atoms with E-state index >= 15 is 0 Å². The highest BCUT2D eigenvalue weighted by molar-refractivity contribution is 5.79. The van der Waals surface area contributed by atoms with Gasteiger partial charge in [0.15, 0.2) is 0 Å². The van der Waals surface area contributed by atoms with Crippen LogP contribution in [-0.2, 0) is 6.54 Å². The topological polar surface area (TPSA) is 47.8 Å². The van der Waals surface area contributed by atoms with Gasteiger partial charge in [0.2, 0.25) is 0 Å². The van der Waals surface area contributed by atoms with Gasteiger partial charge in [-0.3, -0.25) is 14.3 Å². The predicted molar refractivity (Wildman–Crippen MR) is 82.8 cm³/mol. The first-order chi connectivity index (χ1) is 10.7. The third-order valence-electron chi connectivity index (χ3n) is 3.47. The number of pyridine rings is 1. The smallest absolute Gasteiger partial charge is 0.261 e. The fraction of sp³-hybridized carbons (Fsp3) is 0.118. The molecular weight excluding hydrogens is 281 g/mol. The van der Waals surface area contributed by atoms with Crippen LogP contribution >= 0.6 is 0 Å². The summed E-state index contributed by atoms with van der Waals surface area (Å²) in [5, 5.41) is 0. The fourth-order valence-electron chi connectivity index (χ4n) is 2.32. The van der Waals surface area contributed by atoms with Crippen molar-refractivity contribution in [1.29, 1.82) is 0 Å². The van der Waals surface area contributed by atoms with E-state index in [9.17, 15) is 9.18 Å². The number of rotatable bonds is 3. The average Bonchev–Trinajstić information content (AvgIpc) is 2.56. The normalized spacial score (nSPS) is 10.6. The Morgan fingerprint density at radius 1 is 1.05 bits per heavy atom. The van der Waals surface area contributed by atoms with E-state index in [0.29, 0.717) is 23.4 Å². The summed E-state index contributed by atoms with van der Waals surface area (Å²) in [6.45, 7) is 2.40. The van der Waals surface area contributed by atoms with Crippen molar-refractivity contribution in [2.45, 2.75) is 13.5 Å². The van der Waals surface area contributed by atoms with Crippen LogP contribution in [0.1, 0.15) is 6.92 Å². The lowest BCUT2D eigenvalue weighted by Gasteiger charge is -2.11. The van der Waals surface area contributed by atoms with Crippen molar-refractivity contribution in [3.05, 3.63) is 71.3 Å². The van der Waals surface area contributed by atoms with Gasteiger partial charge in [0.25, 0.3) is 5.56 Å². The Balaban J connectivity index is 2.29. The van der Waals surface area contributed by atoms with E-state index in [0.717, 1.165) is 5.56 Å². The summed E-state index contributed by atoms with van der Waals surface area (Å²) in [5.41, 5.74) is 2.35. The molecule has 0 aliphatic rings. The monoisotopic (exact) mass is 295 g/mol. The number of halogens is 1. The highest BCUT2D eigenvalue weighted by Crippen LogP contribution is 2.27. The molecular formula is C17H14FN3O. The molecule has 3 aromatic rings. The number of aryl methyl sites for hydroxylation is 1. The highest BCUT2D eigenvalue weighted by Gasteiger charge is 2.15. The van der Waals surface area contributed by atoms with Gasteiger partial charge in [-0.05, 0) is 36.8 Å². The van der Waals surface area contributed by atoms with Crippen molar-refractivity contribution < 1.29 is 4.39 Å². The highest BCUT2D eigenvalue weighted by atomic mass is 19.1. The molecule has 0 spiro atoms. The van der Waals surface area contributed by atoms with Crippen LogP contribution in [0.5, 0.6) is 0 Å². The molecule has 5 heteroatoms. The van der Waals surface area contributed by atoms with Crippen LogP contribution in [0.25, 0.3) is 22.4 Å². The quantitative estimate of drug-likeness (QED) is 0.746. The van der Waals surface area contributed by atoms with E-state index in [1.807, 2.05) is 6.92 Å². The summed E-state index contributed by atoms with van der Waals surface area (Å²) in [5.74, 6) is -0.339. The zero-order valence-electron chi connectivity index (χ0n) is 12.0. The van der Waals surface area contributed by atoms with Crippen LogP contribution in [0.4, 0.5) is 4.39 Å². The van der Waals surface area contributed by atoms with Crippen molar-refractivity contribution in [3.8, 4) is 22.4 Å². The van der Waals surface area contributed by atoms with E-state index in [1.165, 1.54) is 23.0 Å². The van der Waals surface area contributed by atoms with Gasteiger partial charge in [0.1, 0.15) is 5.82 Å². The zero-order valence-corrected chi connectivity index (χ0v) is 12.0. The first-order valence-electron chi connectivity index (χ1n) is 6.96. The van der Waals surface area contributed by atoms with E-state index in [1.54, 1.807) is 36.7 Å². The summed E-state index contributed by atoms with van der Waals surface area (Å²) in [7, 11) is 0. The molecule has 0 saturated heterocycles. The lowest BCUT2D eigenvalue weighted by molar-refractivity contribution is 0.628. The van der Waals surface area contributed by atoms with Crippen LogP contribution in [0.3, 0.4) is 0 Å². The van der Waals surface area contributed by atoms with Crippen LogP contribution in [0.15, 0.2) is 59.9 Å². The maximum Gasteiger partial charge on any atom is 0.261 e. The van der Waals surface area contributed by atoms with Crippen molar-refractivity contribution in [3.63, 3.8) is 0 Å². The van der Waals surface area contributed by atoms with Crippen LogP contribution < -0.4 is 5.56 Å². The molecule has 2 aromatic heterocycles. The summed E-state index contributed by atoms with van der Waals surface area (Å²) in [6.07, 6.45) is 4.83. The minimum atomic E-state index is -0.339. The van der Waals surface area contributed by atoms with Crippen LogP contribution in [0, 0.1) is 5.82 Å². The lowest BCUT2D eigenvalue weighted by Crippen LogP contribution is -2.22. The van der Waals surface area contributed by atoms with Crippen LogP contribution in [-0.4, -0.2) is 14.5 Å². The summed E-state index contributed by atoms with van der Waals surface area (Å²) in [6, 6.07) is 9.47. The van der Waals surface area contributed by atoms with Gasteiger partial charge in [-0.2, -0.15) is 0 Å². The van der Waals surface area contributed by atoms with Gasteiger partial charge < -0.3 is 0 Å². The number of nitrogens with zero attached hydrogens (tertiary/aromatic N) is 3. The Hall–Kier alpha value is -2.82. The van der Waals surface area contributed by atoms with Gasteiger partial charge in [-0.15, -0.1) is 0 Å². The number of hydrogen-bond donors (Lipinski definition) is 0. The van der Waals surface area contributed by atoms with Gasteiger partial charge in [0, 0.05) is 24.5 Å². The first kappa shape index (κ1) is 14.1. The molecule has 0 aliphatic heterocycles. The molecule has 110 valence electrons. The minimum Gasteiger partial charge on any atom is -0.299 e. The molecule has 0 bridgehead atoms. The molecule has 3 rings (SSSR count). The number of hydrogen-bond acceptors (Lipinski definition) is 3. The van der Waals surface area contributed by atoms with Gasteiger partial charge >= 0.3 is 0 Å². The number of aromatic nitrogens is 3. The lowest BCUT2D eigenvalue weighted by atomic mass is 10.0. The molecule has 1 aromatic carbocycles. The molecule has 0 fully saturated rings. The Kier molecular flexibility index (Phi) is 3.78. The maximum atomic E-state index is 13.2. The molecule has 4 nitrogen and oxygen atoms in total. The van der Waals surface area contributed by atoms with Crippen molar-refractivity contribution >= 4 is 0 Å². The van der Waals surface area contributed by atoms with E-state index in [2.05, 4.69) is 9.97 Å². The first-order valence-corrected chi connectivity index (χ1v) is 6.96. The maximum absolute atomic E-state index is 13.2. The molecule has 0 amide bonds. The summed E-state index contributed by atoms with van der Waals surface area (Å²) >= 11 is 0. The average molecular weight is 295 g/mol. The van der Waals surface area contributed by atoms with E-state index in [4.69, 9.17) is 0 Å². The van der Waals surface area contributed by atoms with Crippen molar-refractivity contribution in [1.82, 2.24) is 14.5 Å². The minimum absolute atomic E-state index is 0.143. The van der Waals surface area contributed by atoms with E-state index in [-0.39, 0.29) is 11.4 Å². The molecule has 2 heterocycles. The summed E-state index contributed by atoms with van der Waals surface area (Å²) < 4.78 is 14.7. The Morgan fingerprint density at radius 3 is 2.36 bits per heavy atom. The second-order valence-electron chi connectivity index (χ2n) is 4.80. The molecule has 0 N–H and O–H groups in total. The second-order valence-corrected chi connectivity index (χ2v) is 4.80. The fourth-order valence-corrected chi connectivity index (χ4v) is 2.32. The molecule has 22 heavy (non-hydrogen) atoms. The van der Waals surface area contributed by atoms with Gasteiger partial charge in [-0.25, -0.2) is 9.37 Å². The Bertz CT molecular complexity index is 842. The SMILES string of the molecule is CCn1cnc(-c2ccncc2)c(-c2ccc(F)cc2)c1=O. The summed E-state index contributed by atoms with van der Waals surface area (Å²) in [4.78, 5) is 21.1. The molecule has 0 atom stereocenters. The Morgan fingerprint density at radius 2 is 1.73 bits per heavy atom. The Labute approximate surface area is 126 Å². The van der Waals surface area contributed by atoms with Gasteiger partial charge in [-0.1, -0.05) is 12.1 Å². The second kappa shape index (κ2) is 5.89. The molecule has 0 unspecified atom stereocenters. The zero-order chi connectivity index (χ0) is 15.5. The van der Waals surface area contributed by atoms with Crippen molar-refractivity contribution in [2.75, 3.05) is 0 Å².